The van der Waals surface area contributed by atoms with E-state index in [-0.39, 0.29) is 11.9 Å². The van der Waals surface area contributed by atoms with E-state index in [4.69, 9.17) is 39.0 Å². The molecule has 2 aliphatic rings. The predicted octanol–water partition coefficient (Wildman–Crippen LogP) is 5.50. The Bertz CT molecular complexity index is 1690. The molecule has 2 aromatic carbocycles. The van der Waals surface area contributed by atoms with Crippen LogP contribution in [-0.4, -0.2) is 39.1 Å². The Hall–Kier alpha value is -3.91. The Morgan fingerprint density at radius 2 is 1.70 bits per heavy atom. The Morgan fingerprint density at radius 1 is 1.02 bits per heavy atom. The summed E-state index contributed by atoms with van der Waals surface area (Å²) in [6, 6.07) is 12.5. The number of H-pyrrole nitrogens is 1. The molecule has 1 aliphatic heterocycles. The molecule has 1 saturated carbocycles. The number of nitrogens with zero attached hydrogens (tertiary/aromatic N) is 5. The fourth-order valence-electron chi connectivity index (χ4n) is 5.04. The highest BCUT2D eigenvalue weighted by atomic mass is 35.5. The molecule has 3 heterocycles. The van der Waals surface area contributed by atoms with Crippen molar-refractivity contribution in [3.63, 3.8) is 0 Å². The van der Waals surface area contributed by atoms with Gasteiger partial charge in [-0.05, 0) is 67.2 Å². The third kappa shape index (κ3) is 5.04. The zero-order chi connectivity index (χ0) is 27.8. The molecule has 204 valence electrons. The lowest BCUT2D eigenvalue weighted by molar-refractivity contribution is 0.0246. The Labute approximate surface area is 238 Å². The number of halogens is 2. The van der Waals surface area contributed by atoms with Gasteiger partial charge < -0.3 is 19.0 Å². The number of aromatic nitrogens is 4. The Balaban J connectivity index is 1.12. The van der Waals surface area contributed by atoms with Gasteiger partial charge in [0.05, 0.1) is 28.4 Å². The van der Waals surface area contributed by atoms with Crippen LogP contribution in [0.4, 0.5) is 11.5 Å². The maximum absolute atomic E-state index is 12.4. The highest BCUT2D eigenvalue weighted by molar-refractivity contribution is 6.39. The molecule has 10 nitrogen and oxygen atoms in total. The smallest absolute Gasteiger partial charge is 0.365 e. The number of piperidine rings is 1. The van der Waals surface area contributed by atoms with Crippen molar-refractivity contribution in [1.82, 2.24) is 19.9 Å². The standard InChI is InChI=1S/C28H24Cl2N6O4/c1-31-26-27(37)36(28(38)33-32-26)18-9-7-17(8-10-18)35-13-11-19(12-14-35)39-15-20-24(34-40-25(20)16-5-6-16)23-21(29)3-2-4-22(23)30/h2-4,7-10,16,19H,5-6,11-15H2,(H,33,38). The molecule has 2 aromatic heterocycles. The molecule has 6 rings (SSSR count). The molecular formula is C28H24Cl2N6O4. The molecule has 0 atom stereocenters. The summed E-state index contributed by atoms with van der Waals surface area (Å²) in [5.41, 5.74) is 2.12. The molecule has 0 unspecified atom stereocenters. The number of hydrogen-bond acceptors (Lipinski definition) is 7. The van der Waals surface area contributed by atoms with Crippen LogP contribution in [0.2, 0.25) is 10.0 Å². The van der Waals surface area contributed by atoms with Crippen molar-refractivity contribution in [2.75, 3.05) is 18.0 Å². The molecular weight excluding hydrogens is 555 g/mol. The number of aromatic amines is 1. The number of benzene rings is 2. The van der Waals surface area contributed by atoms with Crippen LogP contribution >= 0.6 is 23.2 Å². The first-order chi connectivity index (χ1) is 19.4. The third-order valence-corrected chi connectivity index (χ3v) is 7.94. The van der Waals surface area contributed by atoms with E-state index >= 15 is 0 Å². The van der Waals surface area contributed by atoms with Crippen LogP contribution in [-0.2, 0) is 11.3 Å². The maximum Gasteiger partial charge on any atom is 0.365 e. The summed E-state index contributed by atoms with van der Waals surface area (Å²) < 4.78 is 13.0. The van der Waals surface area contributed by atoms with Crippen molar-refractivity contribution in [2.45, 2.75) is 44.3 Å². The molecule has 1 saturated heterocycles. The van der Waals surface area contributed by atoms with Gasteiger partial charge in [0, 0.05) is 35.8 Å². The minimum absolute atomic E-state index is 0.0630. The van der Waals surface area contributed by atoms with Crippen LogP contribution in [0.1, 0.15) is 42.9 Å². The molecule has 40 heavy (non-hydrogen) atoms. The summed E-state index contributed by atoms with van der Waals surface area (Å²) >= 11 is 13.0. The molecule has 12 heteroatoms. The van der Waals surface area contributed by atoms with Gasteiger partial charge in [-0.15, -0.1) is 5.10 Å². The summed E-state index contributed by atoms with van der Waals surface area (Å²) in [5, 5.41) is 11.1. The summed E-state index contributed by atoms with van der Waals surface area (Å²) in [7, 11) is 0. The molecule has 1 N–H and O–H groups in total. The van der Waals surface area contributed by atoms with Gasteiger partial charge in [-0.3, -0.25) is 4.79 Å². The van der Waals surface area contributed by atoms with Gasteiger partial charge in [-0.1, -0.05) is 41.0 Å². The largest absolute Gasteiger partial charge is 0.373 e. The van der Waals surface area contributed by atoms with Gasteiger partial charge in [0.2, 0.25) is 0 Å². The summed E-state index contributed by atoms with van der Waals surface area (Å²) in [6.07, 6.45) is 3.85. The molecule has 1 aliphatic carbocycles. The minimum Gasteiger partial charge on any atom is -0.373 e. The fourth-order valence-corrected chi connectivity index (χ4v) is 5.62. The lowest BCUT2D eigenvalue weighted by Crippen LogP contribution is -2.37. The third-order valence-electron chi connectivity index (χ3n) is 7.31. The zero-order valence-electron chi connectivity index (χ0n) is 21.3. The average Bonchev–Trinajstić information content (AvgIpc) is 3.73. The monoisotopic (exact) mass is 578 g/mol. The van der Waals surface area contributed by atoms with Crippen molar-refractivity contribution in [3.8, 4) is 16.9 Å². The molecule has 0 bridgehead atoms. The second-order valence-corrected chi connectivity index (χ2v) is 10.7. The lowest BCUT2D eigenvalue weighted by atomic mass is 10.0. The minimum atomic E-state index is -0.748. The predicted molar refractivity (Wildman–Crippen MR) is 151 cm³/mol. The molecule has 4 aromatic rings. The van der Waals surface area contributed by atoms with E-state index in [1.54, 1.807) is 30.3 Å². The first-order valence-corrected chi connectivity index (χ1v) is 13.7. The van der Waals surface area contributed by atoms with Gasteiger partial charge in [0.15, 0.2) is 0 Å². The van der Waals surface area contributed by atoms with E-state index in [2.05, 4.69) is 25.1 Å². The molecule has 0 spiro atoms. The van der Waals surface area contributed by atoms with Crippen molar-refractivity contribution < 1.29 is 9.26 Å². The van der Waals surface area contributed by atoms with Crippen molar-refractivity contribution in [3.05, 3.63) is 96.1 Å². The zero-order valence-corrected chi connectivity index (χ0v) is 22.8. The lowest BCUT2D eigenvalue weighted by Gasteiger charge is -2.33. The van der Waals surface area contributed by atoms with Crippen LogP contribution in [0.15, 0.2) is 56.6 Å². The van der Waals surface area contributed by atoms with E-state index in [1.807, 2.05) is 12.1 Å². The van der Waals surface area contributed by atoms with Gasteiger partial charge >= 0.3 is 11.5 Å². The van der Waals surface area contributed by atoms with Gasteiger partial charge in [0.1, 0.15) is 11.5 Å². The number of nitrogens with one attached hydrogen (secondary N) is 1. The molecule has 0 radical (unpaired) electrons. The van der Waals surface area contributed by atoms with E-state index in [0.29, 0.717) is 39.5 Å². The average molecular weight is 579 g/mol. The normalized spacial score (nSPS) is 15.8. The topological polar surface area (TPSA) is 111 Å². The van der Waals surface area contributed by atoms with Crippen molar-refractivity contribution in [2.24, 2.45) is 0 Å². The van der Waals surface area contributed by atoms with Crippen molar-refractivity contribution >= 4 is 34.7 Å². The molecule has 0 amide bonds. The number of hydrogen-bond donors (Lipinski definition) is 1. The van der Waals surface area contributed by atoms with Crippen LogP contribution < -0.4 is 16.1 Å². The van der Waals surface area contributed by atoms with E-state index in [0.717, 1.165) is 60.4 Å². The maximum atomic E-state index is 12.4. The Kier molecular flexibility index (Phi) is 7.19. The first-order valence-electron chi connectivity index (χ1n) is 12.9. The van der Waals surface area contributed by atoms with Crippen LogP contribution in [0.5, 0.6) is 0 Å². The molecule has 2 fully saturated rings. The van der Waals surface area contributed by atoms with Crippen LogP contribution in [0.3, 0.4) is 0 Å². The van der Waals surface area contributed by atoms with Gasteiger partial charge in [-0.2, -0.15) is 0 Å². The van der Waals surface area contributed by atoms with E-state index < -0.39 is 11.2 Å². The highest BCUT2D eigenvalue weighted by Gasteiger charge is 2.34. The number of anilines is 1. The number of rotatable bonds is 7. The van der Waals surface area contributed by atoms with Gasteiger partial charge in [-0.25, -0.2) is 9.36 Å². The summed E-state index contributed by atoms with van der Waals surface area (Å²) in [4.78, 5) is 29.9. The number of ether oxygens (including phenoxy) is 1. The summed E-state index contributed by atoms with van der Waals surface area (Å²) in [6.45, 7) is 8.99. The van der Waals surface area contributed by atoms with E-state index in [9.17, 15) is 9.59 Å². The quantitative estimate of drug-likeness (QED) is 0.288. The first kappa shape index (κ1) is 26.3. The highest BCUT2D eigenvalue weighted by Crippen LogP contribution is 2.46. The summed E-state index contributed by atoms with van der Waals surface area (Å²) in [5.74, 6) is 0.833. The van der Waals surface area contributed by atoms with Crippen molar-refractivity contribution in [1.29, 1.82) is 0 Å². The van der Waals surface area contributed by atoms with E-state index in [1.165, 1.54) is 0 Å². The second-order valence-electron chi connectivity index (χ2n) is 9.86. The fraction of sp³-hybridized carbons (Fsp3) is 0.321. The second kappa shape index (κ2) is 10.9. The van der Waals surface area contributed by atoms with Crippen LogP contribution in [0, 0.1) is 6.57 Å². The Morgan fingerprint density at radius 3 is 2.35 bits per heavy atom. The van der Waals surface area contributed by atoms with Crippen LogP contribution in [0.25, 0.3) is 21.8 Å². The van der Waals surface area contributed by atoms with Gasteiger partial charge in [0.25, 0.3) is 5.56 Å². The SMILES string of the molecule is [C-]#[N+]c1n[nH]c(=O)n(-c2ccc(N3CCC(OCc4c(-c5c(Cl)cccc5Cl)noc4C4CC4)CC3)cc2)c1=O.